The van der Waals surface area contributed by atoms with E-state index in [1.807, 2.05) is 6.92 Å². The largest absolute Gasteiger partial charge is 0.383 e. The Morgan fingerprint density at radius 2 is 2.12 bits per heavy atom. The molecule has 0 saturated carbocycles. The van der Waals surface area contributed by atoms with Crippen molar-refractivity contribution in [1.82, 2.24) is 10.2 Å². The SMILES string of the molecule is CCNC(CCN(CC)C(C)COC)C(N)=O. The highest BCUT2D eigenvalue weighted by atomic mass is 16.5. The number of carbonyl (C=O) groups is 1. The zero-order valence-electron chi connectivity index (χ0n) is 11.5. The second-order valence-corrected chi connectivity index (χ2v) is 4.23. The maximum Gasteiger partial charge on any atom is 0.234 e. The van der Waals surface area contributed by atoms with E-state index < -0.39 is 0 Å². The number of amides is 1. The number of nitrogens with two attached hydrogens (primary N) is 1. The zero-order valence-corrected chi connectivity index (χ0v) is 11.5. The minimum absolute atomic E-state index is 0.233. The van der Waals surface area contributed by atoms with Crippen molar-refractivity contribution >= 4 is 5.91 Å². The molecule has 0 aliphatic carbocycles. The molecule has 2 atom stereocenters. The lowest BCUT2D eigenvalue weighted by Gasteiger charge is -2.28. The van der Waals surface area contributed by atoms with Crippen molar-refractivity contribution in [3.63, 3.8) is 0 Å². The molecule has 0 bridgehead atoms. The van der Waals surface area contributed by atoms with Gasteiger partial charge in [0, 0.05) is 19.7 Å². The maximum atomic E-state index is 11.2. The van der Waals surface area contributed by atoms with Gasteiger partial charge in [-0.2, -0.15) is 0 Å². The Labute approximate surface area is 105 Å². The van der Waals surface area contributed by atoms with Crippen LogP contribution in [0.15, 0.2) is 0 Å². The van der Waals surface area contributed by atoms with Gasteiger partial charge in [0.15, 0.2) is 0 Å². The number of rotatable bonds is 10. The molecular weight excluding hydrogens is 218 g/mol. The van der Waals surface area contributed by atoms with Crippen molar-refractivity contribution in [2.45, 2.75) is 39.3 Å². The Hall–Kier alpha value is -0.650. The first-order chi connectivity index (χ1) is 8.06. The first-order valence-corrected chi connectivity index (χ1v) is 6.32. The standard InChI is InChI=1S/C12H27N3O2/c1-5-14-11(12(13)16)7-8-15(6-2)10(3)9-17-4/h10-11,14H,5-9H2,1-4H3,(H2,13,16). The van der Waals surface area contributed by atoms with Crippen molar-refractivity contribution in [3.05, 3.63) is 0 Å². The predicted octanol–water partition coefficient (Wildman–Crippen LogP) is 0.197. The third kappa shape index (κ3) is 6.61. The van der Waals surface area contributed by atoms with E-state index in [-0.39, 0.29) is 11.9 Å². The van der Waals surface area contributed by atoms with Crippen LogP contribution in [0, 0.1) is 0 Å². The Morgan fingerprint density at radius 1 is 1.47 bits per heavy atom. The van der Waals surface area contributed by atoms with Gasteiger partial charge < -0.3 is 15.8 Å². The molecule has 0 aromatic heterocycles. The fourth-order valence-corrected chi connectivity index (χ4v) is 1.92. The van der Waals surface area contributed by atoms with Gasteiger partial charge in [0.25, 0.3) is 0 Å². The summed E-state index contributed by atoms with van der Waals surface area (Å²) >= 11 is 0. The minimum Gasteiger partial charge on any atom is -0.383 e. The van der Waals surface area contributed by atoms with Crippen LogP contribution in [-0.4, -0.2) is 56.2 Å². The molecule has 2 unspecified atom stereocenters. The number of methoxy groups -OCH3 is 1. The van der Waals surface area contributed by atoms with Crippen molar-refractivity contribution in [2.75, 3.05) is 33.4 Å². The van der Waals surface area contributed by atoms with Gasteiger partial charge in [-0.3, -0.25) is 9.69 Å². The first kappa shape index (κ1) is 16.4. The maximum absolute atomic E-state index is 11.2. The number of hydrogen-bond acceptors (Lipinski definition) is 4. The highest BCUT2D eigenvalue weighted by molar-refractivity contribution is 5.79. The molecule has 0 aromatic rings. The predicted molar refractivity (Wildman–Crippen MR) is 69.9 cm³/mol. The van der Waals surface area contributed by atoms with E-state index in [4.69, 9.17) is 10.5 Å². The number of hydrogen-bond donors (Lipinski definition) is 2. The summed E-state index contributed by atoms with van der Waals surface area (Å²) in [6, 6.07) is 0.129. The van der Waals surface area contributed by atoms with Crippen LogP contribution in [-0.2, 0) is 9.53 Å². The van der Waals surface area contributed by atoms with Gasteiger partial charge in [-0.15, -0.1) is 0 Å². The molecule has 0 saturated heterocycles. The van der Waals surface area contributed by atoms with Crippen molar-refractivity contribution in [2.24, 2.45) is 5.73 Å². The Kier molecular flexibility index (Phi) is 9.03. The summed E-state index contributed by atoms with van der Waals surface area (Å²) < 4.78 is 5.14. The van der Waals surface area contributed by atoms with E-state index in [1.165, 1.54) is 0 Å². The Bertz CT molecular complexity index is 212. The number of nitrogens with one attached hydrogen (secondary N) is 1. The third-order valence-electron chi connectivity index (χ3n) is 2.94. The average molecular weight is 245 g/mol. The Balaban J connectivity index is 4.14. The molecule has 0 aliphatic rings. The van der Waals surface area contributed by atoms with E-state index in [1.54, 1.807) is 7.11 Å². The highest BCUT2D eigenvalue weighted by Gasteiger charge is 2.17. The molecule has 102 valence electrons. The number of likely N-dealkylation sites (N-methyl/N-ethyl adjacent to an activating group) is 2. The number of ether oxygens (including phenoxy) is 1. The fraction of sp³-hybridized carbons (Fsp3) is 0.917. The quantitative estimate of drug-likeness (QED) is 0.577. The molecule has 0 heterocycles. The van der Waals surface area contributed by atoms with Crippen LogP contribution in [0.3, 0.4) is 0 Å². The molecule has 3 N–H and O–H groups in total. The normalized spacial score (nSPS) is 14.9. The van der Waals surface area contributed by atoms with Crippen LogP contribution in [0.4, 0.5) is 0 Å². The molecule has 0 aromatic carbocycles. The van der Waals surface area contributed by atoms with E-state index in [9.17, 15) is 4.79 Å². The van der Waals surface area contributed by atoms with Gasteiger partial charge in [-0.05, 0) is 26.4 Å². The van der Waals surface area contributed by atoms with Crippen molar-refractivity contribution < 1.29 is 9.53 Å². The molecule has 1 amide bonds. The summed E-state index contributed by atoms with van der Waals surface area (Å²) in [5.41, 5.74) is 5.34. The van der Waals surface area contributed by atoms with Gasteiger partial charge in [-0.1, -0.05) is 13.8 Å². The van der Waals surface area contributed by atoms with Crippen molar-refractivity contribution in [1.29, 1.82) is 0 Å². The average Bonchev–Trinajstić information content (AvgIpc) is 2.28. The zero-order chi connectivity index (χ0) is 13.3. The molecule has 17 heavy (non-hydrogen) atoms. The first-order valence-electron chi connectivity index (χ1n) is 6.32. The van der Waals surface area contributed by atoms with Gasteiger partial charge in [0.05, 0.1) is 12.6 Å². The van der Waals surface area contributed by atoms with Crippen LogP contribution >= 0.6 is 0 Å². The molecular formula is C12H27N3O2. The summed E-state index contributed by atoms with van der Waals surface area (Å²) in [6.45, 7) is 9.46. The number of primary amides is 1. The lowest BCUT2D eigenvalue weighted by molar-refractivity contribution is -0.120. The molecule has 0 fully saturated rings. The minimum atomic E-state index is -0.276. The fourth-order valence-electron chi connectivity index (χ4n) is 1.92. The molecule has 0 rings (SSSR count). The summed E-state index contributed by atoms with van der Waals surface area (Å²) in [4.78, 5) is 13.5. The number of nitrogens with zero attached hydrogens (tertiary/aromatic N) is 1. The van der Waals surface area contributed by atoms with Crippen LogP contribution in [0.5, 0.6) is 0 Å². The Morgan fingerprint density at radius 3 is 2.53 bits per heavy atom. The molecule has 5 nitrogen and oxygen atoms in total. The monoisotopic (exact) mass is 245 g/mol. The summed E-state index contributed by atoms with van der Waals surface area (Å²) in [6.07, 6.45) is 0.741. The summed E-state index contributed by atoms with van der Waals surface area (Å²) in [5, 5.41) is 3.10. The molecule has 5 heteroatoms. The lowest BCUT2D eigenvalue weighted by Crippen LogP contribution is -2.45. The summed E-state index contributed by atoms with van der Waals surface area (Å²) in [5.74, 6) is -0.276. The van der Waals surface area contributed by atoms with Gasteiger partial charge in [0.2, 0.25) is 5.91 Å². The molecule has 0 spiro atoms. The van der Waals surface area contributed by atoms with Crippen molar-refractivity contribution in [3.8, 4) is 0 Å². The van der Waals surface area contributed by atoms with E-state index in [0.29, 0.717) is 12.6 Å². The van der Waals surface area contributed by atoms with Gasteiger partial charge in [0.1, 0.15) is 0 Å². The molecule has 0 radical (unpaired) electrons. The topological polar surface area (TPSA) is 67.6 Å². The van der Waals surface area contributed by atoms with Crippen LogP contribution in [0.1, 0.15) is 27.2 Å². The second kappa shape index (κ2) is 9.39. The molecule has 0 aliphatic heterocycles. The second-order valence-electron chi connectivity index (χ2n) is 4.23. The van der Waals surface area contributed by atoms with Gasteiger partial charge >= 0.3 is 0 Å². The summed E-state index contributed by atoms with van der Waals surface area (Å²) in [7, 11) is 1.70. The van der Waals surface area contributed by atoms with E-state index >= 15 is 0 Å². The van der Waals surface area contributed by atoms with Gasteiger partial charge in [-0.25, -0.2) is 0 Å². The van der Waals surface area contributed by atoms with Crippen LogP contribution < -0.4 is 11.1 Å². The van der Waals surface area contributed by atoms with E-state index in [2.05, 4.69) is 24.1 Å². The number of carbonyl (C=O) groups excluding carboxylic acids is 1. The van der Waals surface area contributed by atoms with Crippen LogP contribution in [0.2, 0.25) is 0 Å². The van der Waals surface area contributed by atoms with Crippen LogP contribution in [0.25, 0.3) is 0 Å². The van der Waals surface area contributed by atoms with E-state index in [0.717, 1.165) is 26.1 Å². The lowest BCUT2D eigenvalue weighted by atomic mass is 10.1. The smallest absolute Gasteiger partial charge is 0.234 e. The highest BCUT2D eigenvalue weighted by Crippen LogP contribution is 2.03. The third-order valence-corrected chi connectivity index (χ3v) is 2.94.